The molecule has 0 spiro atoms. The normalized spacial score (nSPS) is 16.9. The molecule has 0 aliphatic carbocycles. The number of carbonyl (C=O) groups is 2. The minimum absolute atomic E-state index is 0.125. The van der Waals surface area contributed by atoms with Gasteiger partial charge in [-0.2, -0.15) is 0 Å². The van der Waals surface area contributed by atoms with Crippen LogP contribution in [0.1, 0.15) is 46.3 Å². The molecule has 0 radical (unpaired) electrons. The second kappa shape index (κ2) is 6.60. The van der Waals surface area contributed by atoms with Crippen molar-refractivity contribution in [3.63, 3.8) is 0 Å². The predicted molar refractivity (Wildman–Crippen MR) is 82.4 cm³/mol. The van der Waals surface area contributed by atoms with Crippen molar-refractivity contribution in [3.05, 3.63) is 11.8 Å². The van der Waals surface area contributed by atoms with Crippen LogP contribution in [0.15, 0.2) is 10.6 Å². The van der Waals surface area contributed by atoms with E-state index in [1.807, 2.05) is 34.6 Å². The molecule has 0 saturated carbocycles. The molecule has 0 N–H and O–H groups in total. The lowest BCUT2D eigenvalue weighted by molar-refractivity contribution is -0.110. The highest BCUT2D eigenvalue weighted by molar-refractivity contribution is 5.69. The molecule has 1 aliphatic rings. The molecule has 7 heteroatoms. The highest BCUT2D eigenvalue weighted by atomic mass is 16.6. The highest BCUT2D eigenvalue weighted by Gasteiger charge is 2.35. The van der Waals surface area contributed by atoms with Gasteiger partial charge in [0.25, 0.3) is 5.88 Å². The van der Waals surface area contributed by atoms with Crippen LogP contribution in [-0.2, 0) is 9.53 Å². The zero-order valence-corrected chi connectivity index (χ0v) is 14.2. The van der Waals surface area contributed by atoms with E-state index in [-0.39, 0.29) is 24.0 Å². The van der Waals surface area contributed by atoms with Crippen molar-refractivity contribution < 1.29 is 23.6 Å². The average molecular weight is 324 g/mol. The molecule has 1 aliphatic heterocycles. The lowest BCUT2D eigenvalue weighted by atomic mass is 9.95. The molecule has 7 nitrogen and oxygen atoms in total. The first kappa shape index (κ1) is 17.3. The summed E-state index contributed by atoms with van der Waals surface area (Å²) in [5.41, 5.74) is -0.509. The van der Waals surface area contributed by atoms with Gasteiger partial charge in [-0.15, -0.1) is 0 Å². The molecule has 1 aromatic heterocycles. The largest absolute Gasteiger partial charge is 0.468 e. The number of amides is 1. The summed E-state index contributed by atoms with van der Waals surface area (Å²) in [5, 5.41) is 3.83. The third-order valence-corrected chi connectivity index (χ3v) is 3.49. The number of nitrogens with zero attached hydrogens (tertiary/aromatic N) is 2. The Bertz CT molecular complexity index is 555. The Kier molecular flexibility index (Phi) is 4.97. The topological polar surface area (TPSA) is 81.9 Å². The maximum atomic E-state index is 11.8. The van der Waals surface area contributed by atoms with E-state index < -0.39 is 5.60 Å². The van der Waals surface area contributed by atoms with Crippen LogP contribution in [0.3, 0.4) is 0 Å². The molecule has 128 valence electrons. The number of rotatable bonds is 5. The van der Waals surface area contributed by atoms with E-state index in [0.717, 1.165) is 6.29 Å². The summed E-state index contributed by atoms with van der Waals surface area (Å²) in [7, 11) is 0. The van der Waals surface area contributed by atoms with Gasteiger partial charge in [0, 0.05) is 6.07 Å². The summed E-state index contributed by atoms with van der Waals surface area (Å²) >= 11 is 0. The van der Waals surface area contributed by atoms with Crippen molar-refractivity contribution >= 4 is 12.4 Å². The van der Waals surface area contributed by atoms with E-state index in [2.05, 4.69) is 5.16 Å². The minimum Gasteiger partial charge on any atom is -0.468 e. The van der Waals surface area contributed by atoms with Crippen LogP contribution in [0.4, 0.5) is 4.79 Å². The van der Waals surface area contributed by atoms with Crippen LogP contribution in [0.25, 0.3) is 0 Å². The van der Waals surface area contributed by atoms with Crippen molar-refractivity contribution in [3.8, 4) is 5.88 Å². The first-order chi connectivity index (χ1) is 10.7. The summed E-state index contributed by atoms with van der Waals surface area (Å²) in [6, 6.07) is 1.63. The van der Waals surface area contributed by atoms with Crippen molar-refractivity contribution in [2.45, 2.75) is 52.2 Å². The second-order valence-electron chi connectivity index (χ2n) is 7.10. The molecule has 0 aromatic carbocycles. The van der Waals surface area contributed by atoms with Crippen molar-refractivity contribution in [2.75, 3.05) is 13.1 Å². The van der Waals surface area contributed by atoms with Crippen molar-refractivity contribution in [1.29, 1.82) is 0 Å². The number of likely N-dealkylation sites (tertiary alicyclic amines) is 1. The van der Waals surface area contributed by atoms with Crippen LogP contribution in [-0.4, -0.2) is 47.2 Å². The van der Waals surface area contributed by atoms with Gasteiger partial charge in [0.1, 0.15) is 18.0 Å². The monoisotopic (exact) mass is 324 g/mol. The molecule has 23 heavy (non-hydrogen) atoms. The van der Waals surface area contributed by atoms with Gasteiger partial charge in [-0.25, -0.2) is 4.79 Å². The van der Waals surface area contributed by atoms with Crippen LogP contribution in [0, 0.1) is 5.92 Å². The molecule has 1 aromatic rings. The number of aldehydes is 1. The number of aromatic nitrogens is 1. The van der Waals surface area contributed by atoms with E-state index in [1.165, 1.54) is 0 Å². The van der Waals surface area contributed by atoms with Crippen LogP contribution in [0.5, 0.6) is 5.88 Å². The van der Waals surface area contributed by atoms with Gasteiger partial charge in [-0.3, -0.25) is 0 Å². The Morgan fingerprint density at radius 2 is 2.09 bits per heavy atom. The summed E-state index contributed by atoms with van der Waals surface area (Å²) < 4.78 is 16.1. The van der Waals surface area contributed by atoms with Gasteiger partial charge in [-0.05, 0) is 31.8 Å². The molecule has 1 unspecified atom stereocenters. The lowest BCUT2D eigenvalue weighted by Crippen LogP contribution is -2.57. The van der Waals surface area contributed by atoms with Gasteiger partial charge in [0.2, 0.25) is 0 Å². The molecule has 0 bridgehead atoms. The Morgan fingerprint density at radius 1 is 1.43 bits per heavy atom. The lowest BCUT2D eigenvalue weighted by Gasteiger charge is -2.38. The molecular weight excluding hydrogens is 300 g/mol. The number of hydrogen-bond acceptors (Lipinski definition) is 6. The zero-order valence-electron chi connectivity index (χ0n) is 14.2. The van der Waals surface area contributed by atoms with Gasteiger partial charge in [-0.1, -0.05) is 13.8 Å². The standard InChI is InChI=1S/C16H24N2O5/c1-10(2)12(9-19)13-6-14(17-23-13)21-11-7-18(8-11)15(20)22-16(3,4)5/h6,9-12H,7-8H2,1-5H3. The van der Waals surface area contributed by atoms with E-state index in [0.29, 0.717) is 24.7 Å². The quantitative estimate of drug-likeness (QED) is 0.774. The number of carbonyl (C=O) groups excluding carboxylic acids is 2. The van der Waals surface area contributed by atoms with E-state index in [1.54, 1.807) is 11.0 Å². The van der Waals surface area contributed by atoms with Gasteiger partial charge in [0.15, 0.2) is 5.76 Å². The van der Waals surface area contributed by atoms with Crippen molar-refractivity contribution in [1.82, 2.24) is 10.1 Å². The van der Waals surface area contributed by atoms with Crippen LogP contribution >= 0.6 is 0 Å². The van der Waals surface area contributed by atoms with Gasteiger partial charge >= 0.3 is 6.09 Å². The molecule has 1 amide bonds. The molecule has 1 atom stereocenters. The van der Waals surface area contributed by atoms with Gasteiger partial charge < -0.3 is 23.7 Å². The van der Waals surface area contributed by atoms with Crippen LogP contribution < -0.4 is 4.74 Å². The molecular formula is C16H24N2O5. The first-order valence-electron chi connectivity index (χ1n) is 7.76. The second-order valence-corrected chi connectivity index (χ2v) is 7.10. The summed E-state index contributed by atoms with van der Waals surface area (Å²) in [6.07, 6.45) is 0.357. The molecule has 1 fully saturated rings. The maximum absolute atomic E-state index is 11.8. The zero-order chi connectivity index (χ0) is 17.2. The molecule has 2 heterocycles. The number of hydrogen-bond donors (Lipinski definition) is 0. The Labute approximate surface area is 135 Å². The van der Waals surface area contributed by atoms with Crippen LogP contribution in [0.2, 0.25) is 0 Å². The van der Waals surface area contributed by atoms with E-state index in [9.17, 15) is 9.59 Å². The smallest absolute Gasteiger partial charge is 0.410 e. The Balaban J connectivity index is 1.83. The Hall–Kier alpha value is -2.05. The predicted octanol–water partition coefficient (Wildman–Crippen LogP) is 2.61. The SMILES string of the molecule is CC(C)C(C=O)c1cc(OC2CN(C(=O)OC(C)(C)C)C2)no1. The van der Waals surface area contributed by atoms with E-state index in [4.69, 9.17) is 14.0 Å². The minimum atomic E-state index is -0.509. The molecule has 2 rings (SSSR count). The fourth-order valence-corrected chi connectivity index (χ4v) is 2.20. The van der Waals surface area contributed by atoms with Gasteiger partial charge in [0.05, 0.1) is 19.0 Å². The summed E-state index contributed by atoms with van der Waals surface area (Å²) in [5.74, 6) is 0.619. The third kappa shape index (κ3) is 4.46. The fourth-order valence-electron chi connectivity index (χ4n) is 2.20. The van der Waals surface area contributed by atoms with E-state index >= 15 is 0 Å². The Morgan fingerprint density at radius 3 is 2.61 bits per heavy atom. The van der Waals surface area contributed by atoms with Crippen molar-refractivity contribution in [2.24, 2.45) is 5.92 Å². The average Bonchev–Trinajstić information content (AvgIpc) is 2.79. The highest BCUT2D eigenvalue weighted by Crippen LogP contribution is 2.27. The maximum Gasteiger partial charge on any atom is 0.410 e. The third-order valence-electron chi connectivity index (χ3n) is 3.49. The first-order valence-corrected chi connectivity index (χ1v) is 7.76. The fraction of sp³-hybridized carbons (Fsp3) is 0.688. The number of ether oxygens (including phenoxy) is 2. The molecule has 1 saturated heterocycles. The summed E-state index contributed by atoms with van der Waals surface area (Å²) in [4.78, 5) is 24.5. The summed E-state index contributed by atoms with van der Waals surface area (Å²) in [6.45, 7) is 10.2.